The number of aromatic nitrogens is 1. The Morgan fingerprint density at radius 2 is 1.77 bits per heavy atom. The zero-order chi connectivity index (χ0) is 34.5. The minimum absolute atomic E-state index is 0.0151. The Morgan fingerprint density at radius 3 is 2.31 bits per heavy atom. The van der Waals surface area contributed by atoms with Crippen molar-refractivity contribution in [1.29, 1.82) is 0 Å². The van der Waals surface area contributed by atoms with Crippen LogP contribution in [0.2, 0.25) is 5.02 Å². The first-order valence-corrected chi connectivity index (χ1v) is 16.3. The second-order valence-corrected chi connectivity index (χ2v) is 12.8. The van der Waals surface area contributed by atoms with Gasteiger partial charge in [-0.05, 0) is 87.6 Å². The van der Waals surface area contributed by atoms with Crippen molar-refractivity contribution in [3.8, 4) is 16.9 Å². The number of hydrogen-bond acceptors (Lipinski definition) is 6. The number of pyridine rings is 1. The van der Waals surface area contributed by atoms with E-state index >= 15 is 0 Å². The van der Waals surface area contributed by atoms with Crippen LogP contribution in [0.1, 0.15) is 73.0 Å². The van der Waals surface area contributed by atoms with E-state index in [2.05, 4.69) is 16.3 Å². The van der Waals surface area contributed by atoms with Crippen LogP contribution in [0.4, 0.5) is 8.78 Å². The Balaban J connectivity index is 0.000000434. The number of piperidine rings is 1. The Morgan fingerprint density at radius 1 is 1.04 bits per heavy atom. The van der Waals surface area contributed by atoms with Gasteiger partial charge in [0.2, 0.25) is 0 Å². The number of carbonyl (C=O) groups is 2. The number of aliphatic carboxylic acids is 1. The standard InChI is InChI=1S/C30H31ClF2N2O4.C6H7NO2/c1-17(2)39-29-20(13-24(18-3-4-18)27(28(29)31)23-6-5-21(32)15-25(23)33)16-34-10-8-22(9-11-34)35-12-7-19(30(37)38)14-26(35)36;8-6(9)5-1-3-7-4-2-5/h5-7,12-15,17-18,22H,3-4,8-11,16H2,1-2H3,(H,37,38);1-3,7H,4H2,(H,8,9). The fourth-order valence-corrected chi connectivity index (χ4v) is 6.38. The van der Waals surface area contributed by atoms with Crippen molar-refractivity contribution >= 4 is 23.5 Å². The summed E-state index contributed by atoms with van der Waals surface area (Å²) in [4.78, 5) is 36.2. The van der Waals surface area contributed by atoms with E-state index in [0.29, 0.717) is 35.0 Å². The number of dihydropyridines is 1. The normalized spacial score (nSPS) is 16.5. The van der Waals surface area contributed by atoms with Crippen LogP contribution in [0.5, 0.6) is 5.75 Å². The van der Waals surface area contributed by atoms with Crippen LogP contribution in [0, 0.1) is 11.6 Å². The number of carboxylic acids is 2. The molecular weight excluding hydrogens is 644 g/mol. The fraction of sp³-hybridized carbons (Fsp3) is 0.361. The van der Waals surface area contributed by atoms with Gasteiger partial charge < -0.3 is 24.8 Å². The maximum Gasteiger partial charge on any atom is 0.335 e. The highest BCUT2D eigenvalue weighted by Gasteiger charge is 2.32. The number of likely N-dealkylation sites (tertiary alicyclic amines) is 1. The van der Waals surface area contributed by atoms with Gasteiger partial charge in [0.05, 0.1) is 22.3 Å². The quantitative estimate of drug-likeness (QED) is 0.227. The summed E-state index contributed by atoms with van der Waals surface area (Å²) >= 11 is 6.97. The maximum atomic E-state index is 14.9. The highest BCUT2D eigenvalue weighted by Crippen LogP contribution is 2.51. The van der Waals surface area contributed by atoms with Crippen molar-refractivity contribution in [3.63, 3.8) is 0 Å². The van der Waals surface area contributed by atoms with Crippen LogP contribution in [0.15, 0.2) is 71.3 Å². The van der Waals surface area contributed by atoms with Crippen molar-refractivity contribution in [2.45, 2.75) is 64.1 Å². The lowest BCUT2D eigenvalue weighted by Crippen LogP contribution is -2.37. The topological polar surface area (TPSA) is 121 Å². The number of nitrogens with zero attached hydrogens (tertiary/aromatic N) is 2. The molecule has 6 rings (SSSR count). The molecule has 3 heterocycles. The number of nitrogens with one attached hydrogen (secondary N) is 1. The van der Waals surface area contributed by atoms with Gasteiger partial charge in [0.1, 0.15) is 17.4 Å². The van der Waals surface area contributed by atoms with Gasteiger partial charge in [-0.3, -0.25) is 9.69 Å². The number of halogens is 3. The molecule has 1 aliphatic carbocycles. The Bertz CT molecular complexity index is 1810. The number of ether oxygens (including phenoxy) is 1. The molecule has 12 heteroatoms. The SMILES string of the molecule is CC(C)Oc1c(CN2CCC(n3ccc(C(=O)O)cc3=O)CC2)cc(C2CC2)c(-c2ccc(F)cc2F)c1Cl.O=C(O)C1=CCNC=C1. The van der Waals surface area contributed by atoms with Crippen molar-refractivity contribution in [2.24, 2.45) is 0 Å². The first-order valence-electron chi connectivity index (χ1n) is 15.9. The minimum atomic E-state index is -1.12. The van der Waals surface area contributed by atoms with E-state index in [9.17, 15) is 23.2 Å². The summed E-state index contributed by atoms with van der Waals surface area (Å²) in [6.07, 6.45) is 9.62. The summed E-state index contributed by atoms with van der Waals surface area (Å²) in [6.45, 7) is 6.45. The predicted octanol–water partition coefficient (Wildman–Crippen LogP) is 6.76. The molecule has 1 aromatic heterocycles. The molecule has 2 aromatic carbocycles. The number of benzene rings is 2. The zero-order valence-corrected chi connectivity index (χ0v) is 27.5. The van der Waals surface area contributed by atoms with Crippen molar-refractivity contribution in [2.75, 3.05) is 19.6 Å². The number of hydrogen-bond donors (Lipinski definition) is 3. The Labute approximate surface area is 282 Å². The molecule has 0 amide bonds. The lowest BCUT2D eigenvalue weighted by atomic mass is 9.92. The lowest BCUT2D eigenvalue weighted by Gasteiger charge is -2.33. The van der Waals surface area contributed by atoms with E-state index in [1.165, 1.54) is 24.3 Å². The molecule has 48 heavy (non-hydrogen) atoms. The molecule has 0 unspecified atom stereocenters. The monoisotopic (exact) mass is 681 g/mol. The molecule has 0 bridgehead atoms. The van der Waals surface area contributed by atoms with Crippen LogP contribution in [-0.2, 0) is 11.3 Å². The van der Waals surface area contributed by atoms with E-state index in [4.69, 9.17) is 26.6 Å². The smallest absolute Gasteiger partial charge is 0.335 e. The average Bonchev–Trinajstić information content (AvgIpc) is 3.90. The van der Waals surface area contributed by atoms with Crippen LogP contribution in [0.25, 0.3) is 11.1 Å². The summed E-state index contributed by atoms with van der Waals surface area (Å²) in [5.74, 6) is -2.51. The molecule has 1 saturated heterocycles. The molecule has 3 N–H and O–H groups in total. The van der Waals surface area contributed by atoms with Gasteiger partial charge in [-0.15, -0.1) is 0 Å². The van der Waals surface area contributed by atoms with Gasteiger partial charge in [-0.25, -0.2) is 18.4 Å². The second kappa shape index (κ2) is 15.2. The summed E-state index contributed by atoms with van der Waals surface area (Å²) in [5.41, 5.74) is 2.74. The van der Waals surface area contributed by atoms with E-state index in [1.807, 2.05) is 13.8 Å². The highest BCUT2D eigenvalue weighted by molar-refractivity contribution is 6.35. The second-order valence-electron chi connectivity index (χ2n) is 12.4. The maximum absolute atomic E-state index is 14.9. The highest BCUT2D eigenvalue weighted by atomic mass is 35.5. The van der Waals surface area contributed by atoms with Gasteiger partial charge in [0.15, 0.2) is 0 Å². The largest absolute Gasteiger partial charge is 0.489 e. The third kappa shape index (κ3) is 8.32. The molecule has 9 nitrogen and oxygen atoms in total. The van der Waals surface area contributed by atoms with Crippen LogP contribution in [0.3, 0.4) is 0 Å². The van der Waals surface area contributed by atoms with Gasteiger partial charge in [0, 0.05) is 67.2 Å². The number of carboxylic acid groups (broad SMARTS) is 2. The average molecular weight is 682 g/mol. The molecule has 0 radical (unpaired) electrons. The molecule has 2 fully saturated rings. The van der Waals surface area contributed by atoms with Crippen LogP contribution in [-0.4, -0.2) is 57.4 Å². The zero-order valence-electron chi connectivity index (χ0n) is 26.7. The number of rotatable bonds is 9. The molecular formula is C36H38ClF2N3O6. The van der Waals surface area contributed by atoms with E-state index < -0.39 is 23.6 Å². The Hall–Kier alpha value is -4.48. The minimum Gasteiger partial charge on any atom is -0.489 e. The van der Waals surface area contributed by atoms with Gasteiger partial charge in [-0.2, -0.15) is 0 Å². The van der Waals surface area contributed by atoms with Gasteiger partial charge >= 0.3 is 11.9 Å². The van der Waals surface area contributed by atoms with Crippen molar-refractivity contribution in [3.05, 3.63) is 110 Å². The third-order valence-corrected chi connectivity index (χ3v) is 8.87. The molecule has 3 aliphatic rings. The fourth-order valence-electron chi connectivity index (χ4n) is 6.00. The third-order valence-electron chi connectivity index (χ3n) is 8.51. The number of aromatic carboxylic acids is 1. The predicted molar refractivity (Wildman–Crippen MR) is 179 cm³/mol. The molecule has 0 spiro atoms. The van der Waals surface area contributed by atoms with Gasteiger partial charge in [-0.1, -0.05) is 17.7 Å². The summed E-state index contributed by atoms with van der Waals surface area (Å²) in [5, 5.41) is 20.7. The van der Waals surface area contributed by atoms with Crippen molar-refractivity contribution in [1.82, 2.24) is 14.8 Å². The van der Waals surface area contributed by atoms with E-state index in [1.54, 1.807) is 23.0 Å². The Kier molecular flexibility index (Phi) is 11.0. The van der Waals surface area contributed by atoms with Crippen LogP contribution >= 0.6 is 11.6 Å². The van der Waals surface area contributed by atoms with E-state index in [0.717, 1.165) is 62.0 Å². The first-order chi connectivity index (χ1) is 22.9. The first kappa shape index (κ1) is 34.8. The summed E-state index contributed by atoms with van der Waals surface area (Å²) in [6, 6.07) is 8.23. The molecule has 2 aliphatic heterocycles. The molecule has 3 aromatic rings. The molecule has 254 valence electrons. The summed E-state index contributed by atoms with van der Waals surface area (Å²) < 4.78 is 36.4. The van der Waals surface area contributed by atoms with Crippen LogP contribution < -0.4 is 15.6 Å². The van der Waals surface area contributed by atoms with Crippen molar-refractivity contribution < 1.29 is 33.3 Å². The van der Waals surface area contributed by atoms with E-state index in [-0.39, 0.29) is 34.7 Å². The van der Waals surface area contributed by atoms with Gasteiger partial charge in [0.25, 0.3) is 5.56 Å². The summed E-state index contributed by atoms with van der Waals surface area (Å²) in [7, 11) is 0. The molecule has 0 atom stereocenters. The lowest BCUT2D eigenvalue weighted by molar-refractivity contribution is -0.132. The molecule has 1 saturated carbocycles.